The second-order valence-electron chi connectivity index (χ2n) is 5.40. The minimum atomic E-state index is 0.0276. The molecule has 1 aliphatic heterocycles. The smallest absolute Gasteiger partial charge is 0.284 e. The van der Waals surface area contributed by atoms with E-state index < -0.39 is 0 Å². The van der Waals surface area contributed by atoms with Crippen LogP contribution in [0.5, 0.6) is 0 Å². The van der Waals surface area contributed by atoms with Gasteiger partial charge in [0, 0.05) is 19.6 Å². The van der Waals surface area contributed by atoms with E-state index in [9.17, 15) is 4.79 Å². The van der Waals surface area contributed by atoms with Crippen molar-refractivity contribution in [1.82, 2.24) is 15.1 Å². The summed E-state index contributed by atoms with van der Waals surface area (Å²) in [5.41, 5.74) is 0.396. The third-order valence-electron chi connectivity index (χ3n) is 4.05. The average Bonchev–Trinajstić information content (AvgIpc) is 2.88. The lowest BCUT2D eigenvalue weighted by Crippen LogP contribution is -2.41. The van der Waals surface area contributed by atoms with Gasteiger partial charge in [0.2, 0.25) is 10.1 Å². The van der Waals surface area contributed by atoms with E-state index in [-0.39, 0.29) is 5.91 Å². The SMILES string of the molecule is CCNc1nnc(C(=O)N2CCC(C)(CC)CC2)s1. The van der Waals surface area contributed by atoms with Gasteiger partial charge in [0.15, 0.2) is 0 Å². The third kappa shape index (κ3) is 3.23. The zero-order chi connectivity index (χ0) is 13.9. The molecule has 0 spiro atoms. The van der Waals surface area contributed by atoms with E-state index in [0.717, 1.165) is 37.6 Å². The Morgan fingerprint density at radius 3 is 2.63 bits per heavy atom. The number of aromatic nitrogens is 2. The highest BCUT2D eigenvalue weighted by Gasteiger charge is 2.31. The Morgan fingerprint density at radius 2 is 2.05 bits per heavy atom. The molecule has 0 saturated carbocycles. The van der Waals surface area contributed by atoms with Crippen molar-refractivity contribution in [3.8, 4) is 0 Å². The summed E-state index contributed by atoms with van der Waals surface area (Å²) >= 11 is 1.34. The normalized spacial score (nSPS) is 18.4. The van der Waals surface area contributed by atoms with Crippen molar-refractivity contribution in [2.24, 2.45) is 5.41 Å². The molecule has 5 nitrogen and oxygen atoms in total. The van der Waals surface area contributed by atoms with Crippen LogP contribution in [0.1, 0.15) is 49.8 Å². The predicted molar refractivity (Wildman–Crippen MR) is 77.6 cm³/mol. The van der Waals surface area contributed by atoms with E-state index in [4.69, 9.17) is 0 Å². The van der Waals surface area contributed by atoms with Gasteiger partial charge in [0.1, 0.15) is 0 Å². The first-order valence-corrected chi connectivity index (χ1v) is 7.76. The second-order valence-corrected chi connectivity index (χ2v) is 6.38. The standard InChI is InChI=1S/C13H22N4OS/c1-4-13(3)6-8-17(9-7-13)11(18)10-15-16-12(19-10)14-5-2/h4-9H2,1-3H3,(H,14,16). The molecule has 1 aromatic heterocycles. The van der Waals surface area contributed by atoms with Crippen molar-refractivity contribution in [1.29, 1.82) is 0 Å². The molecule has 0 radical (unpaired) electrons. The first-order valence-electron chi connectivity index (χ1n) is 6.94. The highest BCUT2D eigenvalue weighted by Crippen LogP contribution is 2.34. The number of hydrogen-bond acceptors (Lipinski definition) is 5. The molecule has 1 aliphatic rings. The fourth-order valence-corrected chi connectivity index (χ4v) is 3.05. The van der Waals surface area contributed by atoms with E-state index >= 15 is 0 Å². The van der Waals surface area contributed by atoms with E-state index in [1.54, 1.807) is 0 Å². The Kier molecular flexibility index (Phi) is 4.39. The van der Waals surface area contributed by atoms with Crippen LogP contribution in [-0.2, 0) is 0 Å². The monoisotopic (exact) mass is 282 g/mol. The van der Waals surface area contributed by atoms with Gasteiger partial charge in [0.05, 0.1) is 0 Å². The summed E-state index contributed by atoms with van der Waals surface area (Å²) in [6.07, 6.45) is 3.33. The maximum Gasteiger partial charge on any atom is 0.284 e. The molecule has 1 amide bonds. The van der Waals surface area contributed by atoms with Crippen LogP contribution in [0, 0.1) is 5.41 Å². The van der Waals surface area contributed by atoms with Crippen LogP contribution in [0.2, 0.25) is 0 Å². The number of rotatable bonds is 4. The minimum Gasteiger partial charge on any atom is -0.360 e. The number of nitrogens with one attached hydrogen (secondary N) is 1. The third-order valence-corrected chi connectivity index (χ3v) is 4.92. The molecule has 0 bridgehead atoms. The molecule has 0 aliphatic carbocycles. The summed E-state index contributed by atoms with van der Waals surface area (Å²) in [4.78, 5) is 14.2. The minimum absolute atomic E-state index is 0.0276. The van der Waals surface area contributed by atoms with Crippen LogP contribution in [0.15, 0.2) is 0 Å². The molecule has 0 aromatic carbocycles. The first kappa shape index (κ1) is 14.2. The van der Waals surface area contributed by atoms with Crippen LogP contribution >= 0.6 is 11.3 Å². The summed E-state index contributed by atoms with van der Waals surface area (Å²) in [6, 6.07) is 0. The van der Waals surface area contributed by atoms with Gasteiger partial charge >= 0.3 is 0 Å². The van der Waals surface area contributed by atoms with Crippen molar-refractivity contribution in [3.05, 3.63) is 5.01 Å². The van der Waals surface area contributed by atoms with Crippen LogP contribution in [0.3, 0.4) is 0 Å². The van der Waals surface area contributed by atoms with Crippen molar-refractivity contribution < 1.29 is 4.79 Å². The van der Waals surface area contributed by atoms with E-state index in [1.807, 2.05) is 11.8 Å². The number of hydrogen-bond donors (Lipinski definition) is 1. The van der Waals surface area contributed by atoms with Crippen LogP contribution in [0.25, 0.3) is 0 Å². The lowest BCUT2D eigenvalue weighted by Gasteiger charge is -2.38. The molecule has 106 valence electrons. The molecule has 1 aromatic rings. The van der Waals surface area contributed by atoms with Crippen molar-refractivity contribution >= 4 is 22.4 Å². The molecule has 0 atom stereocenters. The molecular formula is C13H22N4OS. The molecule has 1 saturated heterocycles. The highest BCUT2D eigenvalue weighted by molar-refractivity contribution is 7.17. The number of carbonyl (C=O) groups excluding carboxylic acids is 1. The van der Waals surface area contributed by atoms with Gasteiger partial charge < -0.3 is 10.2 Å². The van der Waals surface area contributed by atoms with Crippen LogP contribution in [0.4, 0.5) is 5.13 Å². The Bertz CT molecular complexity index is 438. The number of likely N-dealkylation sites (tertiary alicyclic amines) is 1. The van der Waals surface area contributed by atoms with Gasteiger partial charge in [-0.25, -0.2) is 0 Å². The summed E-state index contributed by atoms with van der Waals surface area (Å²) in [6.45, 7) is 8.99. The molecule has 6 heteroatoms. The van der Waals surface area contributed by atoms with Crippen molar-refractivity contribution in [2.45, 2.75) is 40.0 Å². The molecular weight excluding hydrogens is 260 g/mol. The zero-order valence-corrected chi connectivity index (χ0v) is 12.7. The van der Waals surface area contributed by atoms with Crippen molar-refractivity contribution in [3.63, 3.8) is 0 Å². The van der Waals surface area contributed by atoms with Crippen LogP contribution in [-0.4, -0.2) is 40.6 Å². The summed E-state index contributed by atoms with van der Waals surface area (Å²) < 4.78 is 0. The average molecular weight is 282 g/mol. The lowest BCUT2D eigenvalue weighted by molar-refractivity contribution is 0.0599. The van der Waals surface area contributed by atoms with Crippen LogP contribution < -0.4 is 5.32 Å². The largest absolute Gasteiger partial charge is 0.360 e. The Morgan fingerprint density at radius 1 is 1.37 bits per heavy atom. The molecule has 1 fully saturated rings. The Balaban J connectivity index is 1.97. The van der Waals surface area contributed by atoms with Gasteiger partial charge in [-0.15, -0.1) is 10.2 Å². The molecule has 19 heavy (non-hydrogen) atoms. The molecule has 2 rings (SSSR count). The van der Waals surface area contributed by atoms with E-state index in [0.29, 0.717) is 10.4 Å². The first-order chi connectivity index (χ1) is 9.08. The number of nitrogens with zero attached hydrogens (tertiary/aromatic N) is 3. The number of piperidine rings is 1. The maximum atomic E-state index is 12.3. The van der Waals surface area contributed by atoms with Gasteiger partial charge in [-0.1, -0.05) is 31.6 Å². The number of anilines is 1. The predicted octanol–water partition coefficient (Wildman–Crippen LogP) is 2.62. The number of amides is 1. The van der Waals surface area contributed by atoms with Gasteiger partial charge in [-0.05, 0) is 25.2 Å². The van der Waals surface area contributed by atoms with Gasteiger partial charge in [0.25, 0.3) is 5.91 Å². The number of carbonyl (C=O) groups is 1. The lowest BCUT2D eigenvalue weighted by atomic mass is 9.78. The molecule has 1 N–H and O–H groups in total. The van der Waals surface area contributed by atoms with E-state index in [1.165, 1.54) is 17.8 Å². The fourth-order valence-electron chi connectivity index (χ4n) is 2.27. The zero-order valence-electron chi connectivity index (χ0n) is 11.9. The topological polar surface area (TPSA) is 58.1 Å². The maximum absolute atomic E-state index is 12.3. The Labute approximate surface area is 118 Å². The fraction of sp³-hybridized carbons (Fsp3) is 0.769. The summed E-state index contributed by atoms with van der Waals surface area (Å²) in [7, 11) is 0. The highest BCUT2D eigenvalue weighted by atomic mass is 32.1. The summed E-state index contributed by atoms with van der Waals surface area (Å²) in [5, 5.41) is 12.3. The van der Waals surface area contributed by atoms with E-state index in [2.05, 4.69) is 29.4 Å². The molecule has 2 heterocycles. The van der Waals surface area contributed by atoms with Gasteiger partial charge in [-0.2, -0.15) is 0 Å². The molecule has 0 unspecified atom stereocenters. The summed E-state index contributed by atoms with van der Waals surface area (Å²) in [5.74, 6) is 0.0276. The quantitative estimate of drug-likeness (QED) is 0.922. The van der Waals surface area contributed by atoms with Crippen molar-refractivity contribution in [2.75, 3.05) is 25.0 Å². The Hall–Kier alpha value is -1.17. The second kappa shape index (κ2) is 5.86. The van der Waals surface area contributed by atoms with Gasteiger partial charge in [-0.3, -0.25) is 4.79 Å².